The first-order valence-corrected chi connectivity index (χ1v) is 19.8. The van der Waals surface area contributed by atoms with Crippen molar-refractivity contribution in [1.29, 1.82) is 0 Å². The Morgan fingerprint density at radius 2 is 1.39 bits per heavy atom. The normalized spacial score (nSPS) is 16.5. The SMILES string of the molecule is CC/[C](c1ccccc1)=[Zr+2](\[C]1=C(C)C(C(C)(C)C)=CC1C)[c]1c(C(C)(C)C)ccc2c1Cc1cc(C(C)(C)C)ccc1-2.[Cl-].[Cl-]. The van der Waals surface area contributed by atoms with Gasteiger partial charge in [-0.15, -0.1) is 0 Å². The minimum atomic E-state index is -2.69. The molecule has 0 heterocycles. The zero-order valence-electron chi connectivity index (χ0n) is 29.1. The largest absolute Gasteiger partial charge is 1.00 e. The molecule has 0 spiro atoms. The third-order valence-electron chi connectivity index (χ3n) is 9.53. The van der Waals surface area contributed by atoms with E-state index >= 15 is 0 Å². The smallest absolute Gasteiger partial charge is 1.00 e. The summed E-state index contributed by atoms with van der Waals surface area (Å²) in [6.07, 6.45) is 4.79. The maximum Gasteiger partial charge on any atom is -1.00 e. The molecule has 0 saturated carbocycles. The molecule has 3 heteroatoms. The van der Waals surface area contributed by atoms with Crippen LogP contribution in [0.2, 0.25) is 0 Å². The van der Waals surface area contributed by atoms with E-state index in [0.717, 1.165) is 12.8 Å². The minimum Gasteiger partial charge on any atom is -1.00 e. The zero-order chi connectivity index (χ0) is 30.8. The standard InChI is InChI=1S/C21H25.C11H17.C9H10.2ClH.Zr/c1-20(2,3)16-7-9-18-14(12-16)11-15-13-17(21(4,5)6)8-10-19(15)18;1-8-6-9(2)10(7-8)11(3,4)5;1-2-6-9-7-4-3-5-8-9;;;/h7-10,12H,11H2,1-6H3;7-8H,1-5H3;3-5,7-8H,2H2,1H3;2*1H;/q;;;;;+2/p-2. The van der Waals surface area contributed by atoms with Gasteiger partial charge >= 0.3 is 266 Å². The summed E-state index contributed by atoms with van der Waals surface area (Å²) in [5.41, 5.74) is 14.1. The van der Waals surface area contributed by atoms with Gasteiger partial charge in [-0.05, 0) is 0 Å². The predicted octanol–water partition coefficient (Wildman–Crippen LogP) is 4.63. The average molecular weight is 707 g/mol. The van der Waals surface area contributed by atoms with E-state index in [4.69, 9.17) is 0 Å². The summed E-state index contributed by atoms with van der Waals surface area (Å²) in [4.78, 5) is 0. The van der Waals surface area contributed by atoms with E-state index in [1.807, 2.05) is 0 Å². The predicted molar refractivity (Wildman–Crippen MR) is 182 cm³/mol. The number of fused-ring (bicyclic) bond motifs is 3. The molecule has 0 radical (unpaired) electrons. The maximum atomic E-state index is 2.62. The van der Waals surface area contributed by atoms with Gasteiger partial charge in [0.05, 0.1) is 0 Å². The number of allylic oxidation sites excluding steroid dienone is 4. The first-order valence-electron chi connectivity index (χ1n) is 16.1. The summed E-state index contributed by atoms with van der Waals surface area (Å²) < 4.78 is 5.31. The van der Waals surface area contributed by atoms with E-state index in [1.54, 1.807) is 32.0 Å². The second kappa shape index (κ2) is 13.3. The molecular weight excluding hydrogens is 655 g/mol. The Balaban J connectivity index is 0.00000264. The molecule has 0 aliphatic heterocycles. The number of halogens is 2. The first kappa shape index (κ1) is 36.9. The van der Waals surface area contributed by atoms with Gasteiger partial charge in [-0.3, -0.25) is 0 Å². The number of benzene rings is 3. The molecule has 0 N–H and O–H groups in total. The van der Waals surface area contributed by atoms with Crippen LogP contribution in [0.15, 0.2) is 81.2 Å². The van der Waals surface area contributed by atoms with E-state index < -0.39 is 21.3 Å². The van der Waals surface area contributed by atoms with Crippen molar-refractivity contribution in [3.05, 3.63) is 109 Å². The second-order valence-corrected chi connectivity index (χ2v) is 21.7. The molecular formula is C41H52Cl2Zr. The fourth-order valence-electron chi connectivity index (χ4n) is 7.44. The molecule has 0 amide bonds. The number of hydrogen-bond acceptors (Lipinski definition) is 0. The van der Waals surface area contributed by atoms with Crippen LogP contribution in [0.25, 0.3) is 11.1 Å². The van der Waals surface area contributed by atoms with E-state index in [2.05, 4.69) is 150 Å². The van der Waals surface area contributed by atoms with Crippen molar-refractivity contribution >= 4 is 6.48 Å². The van der Waals surface area contributed by atoms with E-state index in [9.17, 15) is 0 Å². The molecule has 0 fully saturated rings. The Hall–Kier alpha value is -1.53. The van der Waals surface area contributed by atoms with Gasteiger partial charge in [-0.2, -0.15) is 0 Å². The van der Waals surface area contributed by atoms with Gasteiger partial charge in [0.15, 0.2) is 0 Å². The molecule has 1 atom stereocenters. The quantitative estimate of drug-likeness (QED) is 0.291. The Kier molecular flexibility index (Phi) is 11.2. The van der Waals surface area contributed by atoms with Crippen LogP contribution >= 0.6 is 0 Å². The minimum absolute atomic E-state index is 0. The molecule has 0 aromatic heterocycles. The number of rotatable bonds is 4. The molecule has 2 aliphatic rings. The molecule has 1 unspecified atom stereocenters. The Morgan fingerprint density at radius 1 is 0.773 bits per heavy atom. The van der Waals surface area contributed by atoms with Crippen molar-refractivity contribution in [3.8, 4) is 11.1 Å². The van der Waals surface area contributed by atoms with Crippen molar-refractivity contribution in [3.63, 3.8) is 0 Å². The number of hydrogen-bond donors (Lipinski definition) is 0. The monoisotopic (exact) mass is 704 g/mol. The van der Waals surface area contributed by atoms with Crippen molar-refractivity contribution in [1.82, 2.24) is 0 Å². The van der Waals surface area contributed by atoms with Crippen LogP contribution in [0.3, 0.4) is 0 Å². The van der Waals surface area contributed by atoms with Crippen molar-refractivity contribution < 1.29 is 46.1 Å². The van der Waals surface area contributed by atoms with Crippen LogP contribution < -0.4 is 28.1 Å². The summed E-state index contributed by atoms with van der Waals surface area (Å²) in [5.74, 6) is 0.485. The Labute approximate surface area is 288 Å². The van der Waals surface area contributed by atoms with Gasteiger partial charge < -0.3 is 24.8 Å². The molecule has 2 aliphatic carbocycles. The molecule has 0 saturated heterocycles. The summed E-state index contributed by atoms with van der Waals surface area (Å²) in [5, 5.41) is 0. The van der Waals surface area contributed by atoms with Crippen molar-refractivity contribution in [2.75, 3.05) is 0 Å². The van der Waals surface area contributed by atoms with E-state index in [0.29, 0.717) is 5.92 Å². The molecule has 3 aromatic carbocycles. The van der Waals surface area contributed by atoms with Crippen LogP contribution in [-0.2, 0) is 38.5 Å². The van der Waals surface area contributed by atoms with Crippen molar-refractivity contribution in [2.24, 2.45) is 11.3 Å². The van der Waals surface area contributed by atoms with Crippen LogP contribution in [-0.4, -0.2) is 3.21 Å². The van der Waals surface area contributed by atoms with Gasteiger partial charge in [0, 0.05) is 0 Å². The fraction of sp³-hybridized carbons (Fsp3) is 0.439. The molecule has 5 rings (SSSR count). The van der Waals surface area contributed by atoms with Gasteiger partial charge in [0.25, 0.3) is 0 Å². The maximum absolute atomic E-state index is 2.69. The third-order valence-corrected chi connectivity index (χ3v) is 18.6. The summed E-state index contributed by atoms with van der Waals surface area (Å²) >= 11 is -2.69. The van der Waals surface area contributed by atoms with Crippen molar-refractivity contribution in [2.45, 2.75) is 107 Å². The van der Waals surface area contributed by atoms with Gasteiger partial charge in [0.1, 0.15) is 0 Å². The Bertz CT molecular complexity index is 1630. The zero-order valence-corrected chi connectivity index (χ0v) is 33.1. The van der Waals surface area contributed by atoms with Crippen LogP contribution in [0.5, 0.6) is 0 Å². The Morgan fingerprint density at radius 3 is 1.91 bits per heavy atom. The topological polar surface area (TPSA) is 0 Å². The molecule has 234 valence electrons. The molecule has 0 nitrogen and oxygen atoms in total. The van der Waals surface area contributed by atoms with Crippen LogP contribution in [0, 0.1) is 11.3 Å². The molecule has 0 bridgehead atoms. The summed E-state index contributed by atoms with van der Waals surface area (Å²) in [6.45, 7) is 28.9. The van der Waals surface area contributed by atoms with Gasteiger partial charge in [0.2, 0.25) is 0 Å². The molecule has 44 heavy (non-hydrogen) atoms. The fourth-order valence-corrected chi connectivity index (χ4v) is 17.3. The van der Waals surface area contributed by atoms with Gasteiger partial charge in [-0.1, -0.05) is 0 Å². The molecule has 3 aromatic rings. The summed E-state index contributed by atoms with van der Waals surface area (Å²) in [6, 6.07) is 23.7. The van der Waals surface area contributed by atoms with Crippen LogP contribution in [0.1, 0.15) is 117 Å². The van der Waals surface area contributed by atoms with Crippen LogP contribution in [0.4, 0.5) is 0 Å². The van der Waals surface area contributed by atoms with E-state index in [-0.39, 0.29) is 41.1 Å². The second-order valence-electron chi connectivity index (χ2n) is 15.8. The summed E-state index contributed by atoms with van der Waals surface area (Å²) in [7, 11) is 0. The van der Waals surface area contributed by atoms with Gasteiger partial charge in [-0.25, -0.2) is 0 Å². The first-order chi connectivity index (χ1) is 19.5. The van der Waals surface area contributed by atoms with E-state index in [1.165, 1.54) is 27.8 Å². The average Bonchev–Trinajstić information content (AvgIpc) is 3.42. The third kappa shape index (κ3) is 6.78.